The van der Waals surface area contributed by atoms with Crippen LogP contribution in [0.15, 0.2) is 12.2 Å². The van der Waals surface area contributed by atoms with Crippen molar-refractivity contribution in [3.63, 3.8) is 0 Å². The van der Waals surface area contributed by atoms with Crippen molar-refractivity contribution in [1.29, 1.82) is 0 Å². The molecular formula is C7H17NSi. The zero-order valence-corrected chi connectivity index (χ0v) is 7.86. The highest BCUT2D eigenvalue weighted by Gasteiger charge is 2.09. The average Bonchev–Trinajstić information content (AvgIpc) is 1.63. The van der Waals surface area contributed by atoms with Crippen LogP contribution < -0.4 is 4.98 Å². The lowest BCUT2D eigenvalue weighted by atomic mass is 10.5. The molecule has 0 unspecified atom stereocenters. The molecule has 0 bridgehead atoms. The Balaban J connectivity index is 3.28. The number of allylic oxidation sites excluding steroid dienone is 1. The zero-order valence-electron chi connectivity index (χ0n) is 6.86. The van der Waals surface area contributed by atoms with Crippen LogP contribution in [-0.2, 0) is 0 Å². The lowest BCUT2D eigenvalue weighted by molar-refractivity contribution is 1.04. The highest BCUT2D eigenvalue weighted by Crippen LogP contribution is 1.92. The van der Waals surface area contributed by atoms with Gasteiger partial charge in [0.05, 0.1) is 0 Å². The Hall–Kier alpha value is -0.0831. The van der Waals surface area contributed by atoms with E-state index in [0.29, 0.717) is 0 Å². The van der Waals surface area contributed by atoms with E-state index in [-0.39, 0.29) is 0 Å². The predicted octanol–water partition coefficient (Wildman–Crippen LogP) is 1.99. The Kier molecular flexibility index (Phi) is 3.82. The minimum atomic E-state index is -0.996. The molecule has 0 spiro atoms. The summed E-state index contributed by atoms with van der Waals surface area (Å²) >= 11 is 0. The quantitative estimate of drug-likeness (QED) is 0.470. The van der Waals surface area contributed by atoms with Crippen molar-refractivity contribution in [2.45, 2.75) is 26.6 Å². The molecule has 2 heteroatoms. The van der Waals surface area contributed by atoms with Crippen LogP contribution in [0.3, 0.4) is 0 Å². The summed E-state index contributed by atoms with van der Waals surface area (Å²) in [5.74, 6) is 0. The van der Waals surface area contributed by atoms with Crippen molar-refractivity contribution in [1.82, 2.24) is 4.98 Å². The van der Waals surface area contributed by atoms with Crippen molar-refractivity contribution < 1.29 is 0 Å². The first kappa shape index (κ1) is 8.92. The van der Waals surface area contributed by atoms with E-state index in [1.807, 2.05) is 6.92 Å². The molecule has 0 heterocycles. The van der Waals surface area contributed by atoms with E-state index in [0.717, 1.165) is 6.54 Å². The fraction of sp³-hybridized carbons (Fsp3) is 0.714. The first-order chi connectivity index (χ1) is 4.06. The second kappa shape index (κ2) is 3.85. The first-order valence-electron chi connectivity index (χ1n) is 3.42. The van der Waals surface area contributed by atoms with Crippen molar-refractivity contribution in [3.05, 3.63) is 12.2 Å². The molecule has 0 saturated carbocycles. The second-order valence-electron chi connectivity index (χ2n) is 3.20. The summed E-state index contributed by atoms with van der Waals surface area (Å²) in [7, 11) is -0.996. The van der Waals surface area contributed by atoms with E-state index in [1.54, 1.807) is 0 Å². The van der Waals surface area contributed by atoms with Crippen LogP contribution in [-0.4, -0.2) is 14.8 Å². The summed E-state index contributed by atoms with van der Waals surface area (Å²) in [5.41, 5.74) is 0. The molecule has 0 radical (unpaired) electrons. The van der Waals surface area contributed by atoms with Crippen LogP contribution in [0, 0.1) is 0 Å². The number of hydrogen-bond donors (Lipinski definition) is 1. The zero-order chi connectivity index (χ0) is 7.33. The molecule has 0 aliphatic rings. The Labute approximate surface area is 59.3 Å². The third-order valence-electron chi connectivity index (χ3n) is 0.986. The maximum atomic E-state index is 3.47. The number of hydrogen-bond acceptors (Lipinski definition) is 1. The van der Waals surface area contributed by atoms with Gasteiger partial charge in [0, 0.05) is 6.54 Å². The molecule has 0 aromatic rings. The van der Waals surface area contributed by atoms with E-state index in [4.69, 9.17) is 0 Å². The van der Waals surface area contributed by atoms with Gasteiger partial charge in [0.1, 0.15) is 8.24 Å². The lowest BCUT2D eigenvalue weighted by Gasteiger charge is -2.15. The molecule has 0 saturated heterocycles. The Morgan fingerprint density at radius 1 is 1.33 bits per heavy atom. The van der Waals surface area contributed by atoms with Gasteiger partial charge >= 0.3 is 0 Å². The van der Waals surface area contributed by atoms with Gasteiger partial charge in [-0.2, -0.15) is 0 Å². The van der Waals surface area contributed by atoms with Crippen molar-refractivity contribution in [2.75, 3.05) is 6.54 Å². The lowest BCUT2D eigenvalue weighted by Crippen LogP contribution is -2.41. The highest BCUT2D eigenvalue weighted by molar-refractivity contribution is 6.73. The van der Waals surface area contributed by atoms with Gasteiger partial charge in [-0.05, 0) is 6.92 Å². The summed E-state index contributed by atoms with van der Waals surface area (Å²) in [5, 5.41) is 0. The Morgan fingerprint density at radius 2 is 1.89 bits per heavy atom. The monoisotopic (exact) mass is 143 g/mol. The molecule has 0 amide bonds. The minimum absolute atomic E-state index is 0.996. The third-order valence-corrected chi connectivity index (χ3v) is 2.25. The molecule has 1 nitrogen and oxygen atoms in total. The highest BCUT2D eigenvalue weighted by atomic mass is 28.3. The third kappa shape index (κ3) is 7.92. The van der Waals surface area contributed by atoms with Crippen LogP contribution in [0.25, 0.3) is 0 Å². The topological polar surface area (TPSA) is 12.0 Å². The van der Waals surface area contributed by atoms with Gasteiger partial charge in [-0.15, -0.1) is 0 Å². The van der Waals surface area contributed by atoms with Crippen molar-refractivity contribution >= 4 is 8.24 Å². The standard InChI is InChI=1S/C7H17NSi/c1-5-6-7-8-9(2,3)4/h5-6,8H,7H2,1-4H3. The average molecular weight is 143 g/mol. The summed E-state index contributed by atoms with van der Waals surface area (Å²) < 4.78 is 0. The Morgan fingerprint density at radius 3 is 2.22 bits per heavy atom. The SMILES string of the molecule is CC=CCN[Si](C)(C)C. The molecule has 0 aromatic heterocycles. The van der Waals surface area contributed by atoms with Crippen LogP contribution in [0.1, 0.15) is 6.92 Å². The van der Waals surface area contributed by atoms with Gasteiger partial charge in [-0.25, -0.2) is 0 Å². The Bertz CT molecular complexity index is 91.6. The maximum absolute atomic E-state index is 3.47. The largest absolute Gasteiger partial charge is 0.334 e. The molecule has 0 atom stereocenters. The van der Waals surface area contributed by atoms with Gasteiger partial charge in [-0.3, -0.25) is 0 Å². The van der Waals surface area contributed by atoms with E-state index in [1.165, 1.54) is 0 Å². The van der Waals surface area contributed by atoms with Crippen LogP contribution in [0.5, 0.6) is 0 Å². The molecule has 0 aromatic carbocycles. The normalized spacial score (nSPS) is 12.9. The van der Waals surface area contributed by atoms with Gasteiger partial charge in [0.15, 0.2) is 0 Å². The van der Waals surface area contributed by atoms with Crippen LogP contribution >= 0.6 is 0 Å². The van der Waals surface area contributed by atoms with Gasteiger partial charge in [0.25, 0.3) is 0 Å². The van der Waals surface area contributed by atoms with Crippen LogP contribution in [0.2, 0.25) is 19.6 Å². The van der Waals surface area contributed by atoms with E-state index in [2.05, 4.69) is 36.8 Å². The minimum Gasteiger partial charge on any atom is -0.334 e. The number of nitrogens with one attached hydrogen (secondary N) is 1. The van der Waals surface area contributed by atoms with Gasteiger partial charge in [0.2, 0.25) is 0 Å². The molecular weight excluding hydrogens is 126 g/mol. The first-order valence-corrected chi connectivity index (χ1v) is 6.92. The summed E-state index contributed by atoms with van der Waals surface area (Å²) in [4.78, 5) is 3.47. The summed E-state index contributed by atoms with van der Waals surface area (Å²) in [6, 6.07) is 0. The fourth-order valence-electron chi connectivity index (χ4n) is 0.483. The smallest absolute Gasteiger partial charge is 0.116 e. The fourth-order valence-corrected chi connectivity index (χ4v) is 1.21. The number of rotatable bonds is 3. The molecule has 0 rings (SSSR count). The molecule has 0 aliphatic heterocycles. The summed E-state index contributed by atoms with van der Waals surface area (Å²) in [6.07, 6.45) is 4.23. The maximum Gasteiger partial charge on any atom is 0.116 e. The van der Waals surface area contributed by atoms with Crippen molar-refractivity contribution in [3.8, 4) is 0 Å². The summed E-state index contributed by atoms with van der Waals surface area (Å²) in [6.45, 7) is 9.99. The molecule has 1 N–H and O–H groups in total. The molecule has 0 aliphatic carbocycles. The van der Waals surface area contributed by atoms with Crippen LogP contribution in [0.4, 0.5) is 0 Å². The van der Waals surface area contributed by atoms with Crippen molar-refractivity contribution in [2.24, 2.45) is 0 Å². The molecule has 9 heavy (non-hydrogen) atoms. The molecule has 54 valence electrons. The molecule has 0 fully saturated rings. The predicted molar refractivity (Wildman–Crippen MR) is 46.2 cm³/mol. The van der Waals surface area contributed by atoms with E-state index >= 15 is 0 Å². The van der Waals surface area contributed by atoms with Gasteiger partial charge < -0.3 is 4.98 Å². The second-order valence-corrected chi connectivity index (χ2v) is 8.05. The van der Waals surface area contributed by atoms with Gasteiger partial charge in [-0.1, -0.05) is 31.8 Å². The van der Waals surface area contributed by atoms with E-state index in [9.17, 15) is 0 Å². The van der Waals surface area contributed by atoms with E-state index < -0.39 is 8.24 Å².